The maximum atomic E-state index is 12.6. The van der Waals surface area contributed by atoms with Crippen LogP contribution in [0.2, 0.25) is 5.02 Å². The van der Waals surface area contributed by atoms with E-state index in [1.807, 2.05) is 4.90 Å². The normalized spacial score (nSPS) is 23.0. The topological polar surface area (TPSA) is 78.9 Å². The number of amides is 1. The van der Waals surface area contributed by atoms with Gasteiger partial charge >= 0.3 is 5.97 Å². The van der Waals surface area contributed by atoms with Crippen LogP contribution >= 0.6 is 24.0 Å². The molecule has 1 aromatic carbocycles. The highest BCUT2D eigenvalue weighted by Gasteiger charge is 2.43. The number of rotatable bonds is 6. The van der Waals surface area contributed by atoms with Crippen molar-refractivity contribution in [1.29, 1.82) is 0 Å². The number of ether oxygens (including phenoxy) is 1. The van der Waals surface area contributed by atoms with Crippen LogP contribution in [0.25, 0.3) is 0 Å². The fourth-order valence-corrected chi connectivity index (χ4v) is 3.65. The number of hydrogen-bond acceptors (Lipinski definition) is 4. The Morgan fingerprint density at radius 2 is 2.08 bits per heavy atom. The molecule has 25 heavy (non-hydrogen) atoms. The summed E-state index contributed by atoms with van der Waals surface area (Å²) >= 11 is 5.94. The van der Waals surface area contributed by atoms with Gasteiger partial charge < -0.3 is 15.2 Å². The molecule has 1 saturated carbocycles. The van der Waals surface area contributed by atoms with E-state index in [0.29, 0.717) is 34.7 Å². The SMILES string of the molecule is COc1cc(Cl)ccc1C(=O)N[C@H]1CN(CC(=O)O)C[C@@H]1C1CC1.Cl. The molecule has 0 unspecified atom stereocenters. The van der Waals surface area contributed by atoms with Gasteiger partial charge in [0.25, 0.3) is 5.91 Å². The molecule has 0 spiro atoms. The Balaban J connectivity index is 0.00000225. The summed E-state index contributed by atoms with van der Waals surface area (Å²) in [5.74, 6) is 0.281. The summed E-state index contributed by atoms with van der Waals surface area (Å²) in [4.78, 5) is 25.5. The third-order valence-electron chi connectivity index (χ3n) is 4.75. The van der Waals surface area contributed by atoms with Gasteiger partial charge in [-0.25, -0.2) is 0 Å². The molecule has 1 heterocycles. The summed E-state index contributed by atoms with van der Waals surface area (Å²) in [6.07, 6.45) is 2.31. The molecule has 2 atom stereocenters. The predicted molar refractivity (Wildman–Crippen MR) is 96.8 cm³/mol. The molecule has 2 fully saturated rings. The number of carbonyl (C=O) groups is 2. The maximum absolute atomic E-state index is 12.6. The number of carboxylic acids is 1. The van der Waals surface area contributed by atoms with Crippen molar-refractivity contribution in [3.8, 4) is 5.75 Å². The van der Waals surface area contributed by atoms with Crippen LogP contribution < -0.4 is 10.1 Å². The molecule has 6 nitrogen and oxygen atoms in total. The molecular formula is C17H22Cl2N2O4. The van der Waals surface area contributed by atoms with Crippen molar-refractivity contribution in [3.63, 3.8) is 0 Å². The van der Waals surface area contributed by atoms with E-state index >= 15 is 0 Å². The van der Waals surface area contributed by atoms with Gasteiger partial charge in [0, 0.05) is 24.2 Å². The van der Waals surface area contributed by atoms with Crippen molar-refractivity contribution in [3.05, 3.63) is 28.8 Å². The summed E-state index contributed by atoms with van der Waals surface area (Å²) in [5.41, 5.74) is 0.438. The molecule has 2 aliphatic rings. The first-order valence-electron chi connectivity index (χ1n) is 8.06. The lowest BCUT2D eigenvalue weighted by molar-refractivity contribution is -0.138. The molecule has 1 saturated heterocycles. The van der Waals surface area contributed by atoms with Crippen LogP contribution in [-0.4, -0.2) is 54.7 Å². The van der Waals surface area contributed by atoms with Gasteiger partial charge in [0.2, 0.25) is 0 Å². The number of hydrogen-bond donors (Lipinski definition) is 2. The Morgan fingerprint density at radius 3 is 2.68 bits per heavy atom. The van der Waals surface area contributed by atoms with E-state index in [0.717, 1.165) is 19.4 Å². The number of methoxy groups -OCH3 is 1. The zero-order valence-corrected chi connectivity index (χ0v) is 15.5. The highest BCUT2D eigenvalue weighted by Crippen LogP contribution is 2.41. The molecule has 8 heteroatoms. The molecule has 3 rings (SSSR count). The van der Waals surface area contributed by atoms with Crippen LogP contribution in [0.3, 0.4) is 0 Å². The van der Waals surface area contributed by atoms with E-state index < -0.39 is 5.97 Å². The molecule has 0 radical (unpaired) electrons. The van der Waals surface area contributed by atoms with Crippen LogP contribution in [0.5, 0.6) is 5.75 Å². The van der Waals surface area contributed by atoms with Crippen LogP contribution in [0.4, 0.5) is 0 Å². The number of nitrogens with zero attached hydrogens (tertiary/aromatic N) is 1. The molecule has 1 amide bonds. The quantitative estimate of drug-likeness (QED) is 0.781. The Hall–Kier alpha value is -1.50. The van der Waals surface area contributed by atoms with E-state index in [9.17, 15) is 9.59 Å². The lowest BCUT2D eigenvalue weighted by Gasteiger charge is -2.20. The van der Waals surface area contributed by atoms with Crippen LogP contribution in [-0.2, 0) is 4.79 Å². The number of halogens is 2. The summed E-state index contributed by atoms with van der Waals surface area (Å²) in [7, 11) is 1.50. The fraction of sp³-hybridized carbons (Fsp3) is 0.529. The molecule has 1 aliphatic heterocycles. The third kappa shape index (κ3) is 4.77. The van der Waals surface area contributed by atoms with Crippen molar-refractivity contribution in [2.75, 3.05) is 26.7 Å². The van der Waals surface area contributed by atoms with Crippen LogP contribution in [0, 0.1) is 11.8 Å². The number of carboxylic acid groups (broad SMARTS) is 1. The molecule has 0 aromatic heterocycles. The third-order valence-corrected chi connectivity index (χ3v) is 4.99. The van der Waals surface area contributed by atoms with Gasteiger partial charge in [0.05, 0.1) is 19.2 Å². The monoisotopic (exact) mass is 388 g/mol. The first-order valence-corrected chi connectivity index (χ1v) is 8.44. The number of benzene rings is 1. The highest BCUT2D eigenvalue weighted by atomic mass is 35.5. The molecule has 0 bridgehead atoms. The Kier molecular flexibility index (Phi) is 6.54. The minimum atomic E-state index is -0.837. The van der Waals surface area contributed by atoms with Gasteiger partial charge in [-0.1, -0.05) is 11.6 Å². The standard InChI is InChI=1S/C17H21ClN2O4.ClH/c1-24-15-6-11(18)4-5-12(15)17(23)19-14-8-20(9-16(21)22)7-13(14)10-2-3-10;/h4-6,10,13-14H,2-3,7-9H2,1H3,(H,19,23)(H,21,22);1H/t13-,14+;/m1./s1. The number of nitrogens with one attached hydrogen (secondary N) is 1. The Bertz CT molecular complexity index is 652. The average molecular weight is 389 g/mol. The Labute approximate surface area is 157 Å². The van der Waals surface area contributed by atoms with Crippen LogP contribution in [0.15, 0.2) is 18.2 Å². The van der Waals surface area contributed by atoms with E-state index in [-0.39, 0.29) is 30.9 Å². The number of likely N-dealkylation sites (tertiary alicyclic amines) is 1. The lowest BCUT2D eigenvalue weighted by atomic mass is 9.97. The van der Waals surface area contributed by atoms with Crippen LogP contribution in [0.1, 0.15) is 23.2 Å². The second-order valence-corrected chi connectivity index (χ2v) is 6.95. The van der Waals surface area contributed by atoms with Crippen molar-refractivity contribution < 1.29 is 19.4 Å². The maximum Gasteiger partial charge on any atom is 0.317 e. The second-order valence-electron chi connectivity index (χ2n) is 6.51. The molecule has 138 valence electrons. The van der Waals surface area contributed by atoms with Gasteiger partial charge in [-0.15, -0.1) is 12.4 Å². The average Bonchev–Trinajstić information content (AvgIpc) is 3.29. The fourth-order valence-electron chi connectivity index (χ4n) is 3.49. The zero-order chi connectivity index (χ0) is 17.3. The summed E-state index contributed by atoms with van der Waals surface area (Å²) < 4.78 is 5.24. The molecular weight excluding hydrogens is 367 g/mol. The predicted octanol–water partition coefficient (Wildman–Crippen LogP) is 2.30. The molecule has 1 aromatic rings. The van der Waals surface area contributed by atoms with E-state index in [4.69, 9.17) is 21.4 Å². The van der Waals surface area contributed by atoms with E-state index in [1.165, 1.54) is 7.11 Å². The minimum absolute atomic E-state index is 0. The van der Waals surface area contributed by atoms with Crippen molar-refractivity contribution in [1.82, 2.24) is 10.2 Å². The molecule has 1 aliphatic carbocycles. The van der Waals surface area contributed by atoms with Crippen molar-refractivity contribution >= 4 is 35.9 Å². The summed E-state index contributed by atoms with van der Waals surface area (Å²) in [6, 6.07) is 4.87. The second kappa shape index (κ2) is 8.25. The number of carbonyl (C=O) groups excluding carboxylic acids is 1. The molecule has 2 N–H and O–H groups in total. The first-order chi connectivity index (χ1) is 11.5. The van der Waals surface area contributed by atoms with Gasteiger partial charge in [0.15, 0.2) is 0 Å². The highest BCUT2D eigenvalue weighted by molar-refractivity contribution is 6.30. The van der Waals surface area contributed by atoms with Crippen molar-refractivity contribution in [2.45, 2.75) is 18.9 Å². The van der Waals surface area contributed by atoms with E-state index in [2.05, 4.69) is 5.32 Å². The smallest absolute Gasteiger partial charge is 0.317 e. The van der Waals surface area contributed by atoms with E-state index in [1.54, 1.807) is 18.2 Å². The first kappa shape index (κ1) is 19.8. The van der Waals surface area contributed by atoms with Gasteiger partial charge in [-0.2, -0.15) is 0 Å². The van der Waals surface area contributed by atoms with Gasteiger partial charge in [0.1, 0.15) is 5.75 Å². The lowest BCUT2D eigenvalue weighted by Crippen LogP contribution is -2.41. The summed E-state index contributed by atoms with van der Waals surface area (Å²) in [5, 5.41) is 12.6. The van der Waals surface area contributed by atoms with Gasteiger partial charge in [-0.3, -0.25) is 14.5 Å². The number of aliphatic carboxylic acids is 1. The van der Waals surface area contributed by atoms with Crippen molar-refractivity contribution in [2.24, 2.45) is 11.8 Å². The minimum Gasteiger partial charge on any atom is -0.496 e. The van der Waals surface area contributed by atoms with Gasteiger partial charge in [-0.05, 0) is 42.9 Å². The summed E-state index contributed by atoms with van der Waals surface area (Å²) in [6.45, 7) is 1.30. The largest absolute Gasteiger partial charge is 0.496 e. The zero-order valence-electron chi connectivity index (χ0n) is 13.9. The Morgan fingerprint density at radius 1 is 1.36 bits per heavy atom.